The molecule has 0 heterocycles. The van der Waals surface area contributed by atoms with Gasteiger partial charge in [-0.2, -0.15) is 0 Å². The molecule has 1 aromatic rings. The van der Waals surface area contributed by atoms with Gasteiger partial charge in [-0.25, -0.2) is 0 Å². The predicted molar refractivity (Wildman–Crippen MR) is 70.1 cm³/mol. The van der Waals surface area contributed by atoms with Crippen LogP contribution in [0.3, 0.4) is 0 Å². The summed E-state index contributed by atoms with van der Waals surface area (Å²) in [6.07, 6.45) is 2.47. The van der Waals surface area contributed by atoms with Crippen molar-refractivity contribution in [2.75, 3.05) is 7.11 Å². The maximum Gasteiger partial charge on any atom is 0.170 e. The molecule has 100 valence electrons. The monoisotopic (exact) mass is 252 g/mol. The van der Waals surface area contributed by atoms with E-state index in [1.807, 2.05) is 19.9 Å². The first-order valence-corrected chi connectivity index (χ1v) is 5.78. The van der Waals surface area contributed by atoms with Crippen LogP contribution in [0.1, 0.15) is 30.5 Å². The number of phenols is 2. The lowest BCUT2D eigenvalue weighted by Gasteiger charge is -2.17. The van der Waals surface area contributed by atoms with E-state index in [0.717, 1.165) is 5.57 Å². The van der Waals surface area contributed by atoms with Gasteiger partial charge in [0, 0.05) is 5.56 Å². The summed E-state index contributed by atoms with van der Waals surface area (Å²) < 4.78 is 5.06. The molecule has 0 aliphatic heterocycles. The zero-order valence-electron chi connectivity index (χ0n) is 11.2. The molecule has 0 atom stereocenters. The molecule has 4 heteroatoms. The molecule has 0 aliphatic rings. The minimum absolute atomic E-state index is 0.0191. The van der Waals surface area contributed by atoms with Gasteiger partial charge in [-0.15, -0.1) is 0 Å². The first-order valence-electron chi connectivity index (χ1n) is 5.78. The molecule has 0 unspecified atom stereocenters. The maximum absolute atomic E-state index is 10.1. The molecule has 0 fully saturated rings. The molecule has 18 heavy (non-hydrogen) atoms. The Hall–Kier alpha value is -1.68. The fraction of sp³-hybridized carbons (Fsp3) is 0.429. The van der Waals surface area contributed by atoms with Crippen molar-refractivity contribution in [2.45, 2.75) is 33.8 Å². The van der Waals surface area contributed by atoms with E-state index in [-0.39, 0.29) is 29.4 Å². The van der Waals surface area contributed by atoms with E-state index in [1.54, 1.807) is 6.92 Å². The Morgan fingerprint density at radius 3 is 2.22 bits per heavy atom. The van der Waals surface area contributed by atoms with Crippen molar-refractivity contribution < 1.29 is 20.1 Å². The molecule has 0 saturated heterocycles. The second-order valence-corrected chi connectivity index (χ2v) is 4.46. The summed E-state index contributed by atoms with van der Waals surface area (Å²) in [6.45, 7) is 5.26. The summed E-state index contributed by atoms with van der Waals surface area (Å²) in [4.78, 5) is 0. The van der Waals surface area contributed by atoms with Crippen LogP contribution < -0.4 is 4.74 Å². The molecule has 0 spiro atoms. The smallest absolute Gasteiger partial charge is 0.170 e. The number of aromatic hydroxyl groups is 2. The molecule has 0 aliphatic carbocycles. The van der Waals surface area contributed by atoms with E-state index in [1.165, 1.54) is 7.11 Å². The van der Waals surface area contributed by atoms with Crippen LogP contribution in [-0.2, 0) is 13.0 Å². The van der Waals surface area contributed by atoms with Gasteiger partial charge in [0.15, 0.2) is 11.5 Å². The van der Waals surface area contributed by atoms with E-state index in [0.29, 0.717) is 17.5 Å². The number of hydrogen-bond donors (Lipinski definition) is 3. The van der Waals surface area contributed by atoms with E-state index in [9.17, 15) is 15.3 Å². The number of rotatable bonds is 4. The third kappa shape index (κ3) is 2.59. The van der Waals surface area contributed by atoms with Crippen molar-refractivity contribution in [1.82, 2.24) is 0 Å². The van der Waals surface area contributed by atoms with Gasteiger partial charge in [0.25, 0.3) is 0 Å². The Balaban J connectivity index is 3.44. The Labute approximate surface area is 107 Å². The van der Waals surface area contributed by atoms with Crippen molar-refractivity contribution in [3.05, 3.63) is 28.3 Å². The van der Waals surface area contributed by atoms with Crippen LogP contribution in [0, 0.1) is 6.92 Å². The molecule has 0 bridgehead atoms. The van der Waals surface area contributed by atoms with Crippen molar-refractivity contribution in [1.29, 1.82) is 0 Å². The molecular formula is C14H20O4. The number of allylic oxidation sites excluding steroid dienone is 2. The van der Waals surface area contributed by atoms with Crippen LogP contribution in [0.5, 0.6) is 17.2 Å². The van der Waals surface area contributed by atoms with Crippen molar-refractivity contribution in [3.8, 4) is 17.2 Å². The molecule has 0 saturated carbocycles. The summed E-state index contributed by atoms with van der Waals surface area (Å²) in [7, 11) is 1.40. The SMILES string of the molecule is COc1c(O)c(CC=C(C)C)c(C)c(O)c1CO. The van der Waals surface area contributed by atoms with Crippen molar-refractivity contribution >= 4 is 0 Å². The predicted octanol–water partition coefficient (Wildman–Crippen LogP) is 2.42. The third-order valence-electron chi connectivity index (χ3n) is 2.95. The second kappa shape index (κ2) is 5.78. The largest absolute Gasteiger partial charge is 0.507 e. The van der Waals surface area contributed by atoms with E-state index >= 15 is 0 Å². The average molecular weight is 252 g/mol. The van der Waals surface area contributed by atoms with Crippen LogP contribution in [0.25, 0.3) is 0 Å². The zero-order chi connectivity index (χ0) is 13.9. The number of hydrogen-bond acceptors (Lipinski definition) is 4. The summed E-state index contributed by atoms with van der Waals surface area (Å²) in [5, 5.41) is 29.4. The lowest BCUT2D eigenvalue weighted by Crippen LogP contribution is -2.00. The fourth-order valence-corrected chi connectivity index (χ4v) is 1.86. The summed E-state index contributed by atoms with van der Waals surface area (Å²) in [6, 6.07) is 0. The standard InChI is InChI=1S/C14H20O4/c1-8(2)5-6-10-9(3)12(16)11(7-15)14(18-4)13(10)17/h5,15-17H,6-7H2,1-4H3. The molecule has 1 rings (SSSR count). The number of benzene rings is 1. The number of aliphatic hydroxyl groups is 1. The van der Waals surface area contributed by atoms with Crippen LogP contribution >= 0.6 is 0 Å². The molecule has 0 radical (unpaired) electrons. The molecule has 0 aromatic heterocycles. The molecule has 4 nitrogen and oxygen atoms in total. The van der Waals surface area contributed by atoms with E-state index < -0.39 is 0 Å². The highest BCUT2D eigenvalue weighted by Gasteiger charge is 2.20. The van der Waals surface area contributed by atoms with Gasteiger partial charge in [-0.3, -0.25) is 0 Å². The van der Waals surface area contributed by atoms with Gasteiger partial charge in [0.2, 0.25) is 0 Å². The zero-order valence-corrected chi connectivity index (χ0v) is 11.2. The Morgan fingerprint density at radius 1 is 1.17 bits per heavy atom. The molecule has 1 aromatic carbocycles. The Morgan fingerprint density at radius 2 is 1.78 bits per heavy atom. The molecular weight excluding hydrogens is 232 g/mol. The fourth-order valence-electron chi connectivity index (χ4n) is 1.86. The van der Waals surface area contributed by atoms with E-state index in [2.05, 4.69) is 0 Å². The summed E-state index contributed by atoms with van der Waals surface area (Å²) >= 11 is 0. The molecule has 0 amide bonds. The number of aliphatic hydroxyl groups excluding tert-OH is 1. The van der Waals surface area contributed by atoms with Gasteiger partial charge in [0.1, 0.15) is 5.75 Å². The minimum atomic E-state index is -0.383. The van der Waals surface area contributed by atoms with Crippen molar-refractivity contribution in [2.24, 2.45) is 0 Å². The normalized spacial score (nSPS) is 10.3. The minimum Gasteiger partial charge on any atom is -0.507 e. The van der Waals surface area contributed by atoms with Crippen LogP contribution in [-0.4, -0.2) is 22.4 Å². The van der Waals surface area contributed by atoms with Crippen LogP contribution in [0.15, 0.2) is 11.6 Å². The average Bonchev–Trinajstić information content (AvgIpc) is 2.32. The maximum atomic E-state index is 10.1. The van der Waals surface area contributed by atoms with E-state index in [4.69, 9.17) is 4.74 Å². The Kier molecular flexibility index (Phi) is 4.62. The summed E-state index contributed by atoms with van der Waals surface area (Å²) in [5.74, 6) is 0.0939. The van der Waals surface area contributed by atoms with Crippen LogP contribution in [0.2, 0.25) is 0 Å². The number of ether oxygens (including phenoxy) is 1. The lowest BCUT2D eigenvalue weighted by atomic mass is 9.97. The van der Waals surface area contributed by atoms with Gasteiger partial charge in [0.05, 0.1) is 19.3 Å². The molecule has 3 N–H and O–H groups in total. The van der Waals surface area contributed by atoms with Gasteiger partial charge < -0.3 is 20.1 Å². The highest BCUT2D eigenvalue weighted by molar-refractivity contribution is 5.61. The summed E-state index contributed by atoms with van der Waals surface area (Å²) in [5.41, 5.74) is 2.52. The number of methoxy groups -OCH3 is 1. The number of phenolic OH excluding ortho intramolecular Hbond substituents is 1. The first-order chi connectivity index (χ1) is 8.43. The highest BCUT2D eigenvalue weighted by atomic mass is 16.5. The van der Waals surface area contributed by atoms with Gasteiger partial charge in [-0.05, 0) is 32.8 Å². The third-order valence-corrected chi connectivity index (χ3v) is 2.95. The second-order valence-electron chi connectivity index (χ2n) is 4.46. The van der Waals surface area contributed by atoms with Gasteiger partial charge >= 0.3 is 0 Å². The Bertz CT molecular complexity index is 471. The topological polar surface area (TPSA) is 69.9 Å². The van der Waals surface area contributed by atoms with Gasteiger partial charge in [-0.1, -0.05) is 11.6 Å². The van der Waals surface area contributed by atoms with Crippen molar-refractivity contribution in [3.63, 3.8) is 0 Å². The highest BCUT2D eigenvalue weighted by Crippen LogP contribution is 2.43. The lowest BCUT2D eigenvalue weighted by molar-refractivity contribution is 0.263. The van der Waals surface area contributed by atoms with Crippen LogP contribution in [0.4, 0.5) is 0 Å². The first kappa shape index (κ1) is 14.4. The quantitative estimate of drug-likeness (QED) is 0.568.